The monoisotopic (exact) mass is 368 g/mol. The molecule has 0 saturated carbocycles. The van der Waals surface area contributed by atoms with Gasteiger partial charge in [-0.05, 0) is 51.3 Å². The fourth-order valence-electron chi connectivity index (χ4n) is 3.99. The number of rotatable bonds is 6. The van der Waals surface area contributed by atoms with Crippen LogP contribution in [0.2, 0.25) is 0 Å². The van der Waals surface area contributed by atoms with E-state index in [0.29, 0.717) is 19.0 Å². The standard InChI is InChI=1S/C22H32N4O/c1-16-9-7-8-12-26(16)15-20-11-6-5-10-19(20)14-23-22(27)13-21-17(2)24-25(4)18(21)3/h5-6,10-11,16H,7-9,12-15H2,1-4H3,(H,23,27). The minimum absolute atomic E-state index is 0.0512. The van der Waals surface area contributed by atoms with Crippen molar-refractivity contribution < 1.29 is 4.79 Å². The molecule has 27 heavy (non-hydrogen) atoms. The van der Waals surface area contributed by atoms with Crippen molar-refractivity contribution in [3.8, 4) is 0 Å². The van der Waals surface area contributed by atoms with E-state index in [1.165, 1.54) is 36.9 Å². The number of nitrogens with one attached hydrogen (secondary N) is 1. The first-order chi connectivity index (χ1) is 13.0. The van der Waals surface area contributed by atoms with E-state index in [4.69, 9.17) is 0 Å². The zero-order chi connectivity index (χ0) is 19.4. The zero-order valence-electron chi connectivity index (χ0n) is 17.1. The van der Waals surface area contributed by atoms with Crippen molar-refractivity contribution in [2.75, 3.05) is 6.54 Å². The topological polar surface area (TPSA) is 50.2 Å². The Labute approximate surface area is 162 Å². The summed E-state index contributed by atoms with van der Waals surface area (Å²) in [5.41, 5.74) is 5.56. The predicted octanol–water partition coefficient (Wildman–Crippen LogP) is 3.27. The number of carbonyl (C=O) groups is 1. The highest BCUT2D eigenvalue weighted by molar-refractivity contribution is 5.79. The average Bonchev–Trinajstić information content (AvgIpc) is 2.89. The van der Waals surface area contributed by atoms with Gasteiger partial charge in [0, 0.05) is 37.4 Å². The van der Waals surface area contributed by atoms with E-state index in [9.17, 15) is 4.79 Å². The van der Waals surface area contributed by atoms with Crippen LogP contribution in [0.1, 0.15) is 54.3 Å². The summed E-state index contributed by atoms with van der Waals surface area (Å²) < 4.78 is 1.84. The van der Waals surface area contributed by atoms with Crippen LogP contribution in [0.5, 0.6) is 0 Å². The molecular weight excluding hydrogens is 336 g/mol. The Balaban J connectivity index is 1.61. The number of hydrogen-bond donors (Lipinski definition) is 1. The molecule has 5 nitrogen and oxygen atoms in total. The van der Waals surface area contributed by atoms with E-state index in [1.807, 2.05) is 25.6 Å². The molecule has 0 spiro atoms. The van der Waals surface area contributed by atoms with E-state index in [0.717, 1.165) is 23.5 Å². The molecule has 1 atom stereocenters. The van der Waals surface area contributed by atoms with Crippen LogP contribution < -0.4 is 5.32 Å². The Morgan fingerprint density at radius 1 is 1.22 bits per heavy atom. The number of aromatic nitrogens is 2. The Morgan fingerprint density at radius 2 is 1.96 bits per heavy atom. The molecule has 1 unspecified atom stereocenters. The summed E-state index contributed by atoms with van der Waals surface area (Å²) in [6.07, 6.45) is 4.29. The summed E-state index contributed by atoms with van der Waals surface area (Å²) in [5, 5.41) is 7.50. The average molecular weight is 369 g/mol. The van der Waals surface area contributed by atoms with Crippen molar-refractivity contribution in [3.63, 3.8) is 0 Å². The lowest BCUT2D eigenvalue weighted by Gasteiger charge is -2.33. The molecule has 1 aliphatic heterocycles. The molecule has 1 amide bonds. The van der Waals surface area contributed by atoms with Crippen LogP contribution in [0.3, 0.4) is 0 Å². The summed E-state index contributed by atoms with van der Waals surface area (Å²) in [6.45, 7) is 9.01. The maximum Gasteiger partial charge on any atom is 0.224 e. The largest absolute Gasteiger partial charge is 0.352 e. The summed E-state index contributed by atoms with van der Waals surface area (Å²) in [5.74, 6) is 0.0512. The quantitative estimate of drug-likeness (QED) is 0.851. The number of nitrogens with zero attached hydrogens (tertiary/aromatic N) is 3. The van der Waals surface area contributed by atoms with Crippen LogP contribution in [-0.4, -0.2) is 33.2 Å². The number of carbonyl (C=O) groups excluding carboxylic acids is 1. The van der Waals surface area contributed by atoms with Gasteiger partial charge in [-0.1, -0.05) is 30.7 Å². The maximum atomic E-state index is 12.5. The lowest BCUT2D eigenvalue weighted by atomic mass is 10.0. The van der Waals surface area contributed by atoms with Crippen LogP contribution in [0.25, 0.3) is 0 Å². The molecule has 1 fully saturated rings. The zero-order valence-corrected chi connectivity index (χ0v) is 17.1. The third-order valence-electron chi connectivity index (χ3n) is 5.90. The summed E-state index contributed by atoms with van der Waals surface area (Å²) in [7, 11) is 1.92. The molecule has 2 aromatic rings. The number of piperidine rings is 1. The smallest absolute Gasteiger partial charge is 0.224 e. The van der Waals surface area contributed by atoms with Crippen LogP contribution in [0, 0.1) is 13.8 Å². The Bertz CT molecular complexity index is 796. The van der Waals surface area contributed by atoms with Crippen molar-refractivity contribution in [2.45, 2.75) is 65.6 Å². The normalized spacial score (nSPS) is 17.9. The van der Waals surface area contributed by atoms with E-state index < -0.39 is 0 Å². The second kappa shape index (κ2) is 8.70. The molecule has 2 heterocycles. The van der Waals surface area contributed by atoms with Gasteiger partial charge in [0.1, 0.15) is 0 Å². The predicted molar refractivity (Wildman–Crippen MR) is 108 cm³/mol. The van der Waals surface area contributed by atoms with E-state index in [-0.39, 0.29) is 5.91 Å². The highest BCUT2D eigenvalue weighted by Crippen LogP contribution is 2.21. The third kappa shape index (κ3) is 4.78. The summed E-state index contributed by atoms with van der Waals surface area (Å²) in [4.78, 5) is 15.1. The highest BCUT2D eigenvalue weighted by Gasteiger charge is 2.19. The number of hydrogen-bond acceptors (Lipinski definition) is 3. The van der Waals surface area contributed by atoms with Crippen LogP contribution in [0.15, 0.2) is 24.3 Å². The molecule has 0 aliphatic carbocycles. The van der Waals surface area contributed by atoms with Gasteiger partial charge >= 0.3 is 0 Å². The fraction of sp³-hybridized carbons (Fsp3) is 0.545. The third-order valence-corrected chi connectivity index (χ3v) is 5.90. The van der Waals surface area contributed by atoms with E-state index >= 15 is 0 Å². The SMILES string of the molecule is Cc1nn(C)c(C)c1CC(=O)NCc1ccccc1CN1CCCCC1C. The molecule has 1 aromatic heterocycles. The number of aryl methyl sites for hydroxylation is 2. The molecular formula is C22H32N4O. The van der Waals surface area contributed by atoms with Crippen molar-refractivity contribution in [1.82, 2.24) is 20.0 Å². The molecule has 0 radical (unpaired) electrons. The Hall–Kier alpha value is -2.14. The molecule has 1 aromatic carbocycles. The van der Waals surface area contributed by atoms with Crippen LogP contribution in [-0.2, 0) is 31.4 Å². The van der Waals surface area contributed by atoms with Gasteiger partial charge in [-0.3, -0.25) is 14.4 Å². The summed E-state index contributed by atoms with van der Waals surface area (Å²) >= 11 is 0. The highest BCUT2D eigenvalue weighted by atomic mass is 16.1. The molecule has 0 bridgehead atoms. The van der Waals surface area contributed by atoms with Crippen LogP contribution >= 0.6 is 0 Å². The van der Waals surface area contributed by atoms with Gasteiger partial charge in [-0.15, -0.1) is 0 Å². The van der Waals surface area contributed by atoms with Crippen molar-refractivity contribution in [1.29, 1.82) is 0 Å². The second-order valence-corrected chi connectivity index (χ2v) is 7.81. The van der Waals surface area contributed by atoms with Gasteiger partial charge in [-0.2, -0.15) is 5.10 Å². The van der Waals surface area contributed by atoms with E-state index in [2.05, 4.69) is 46.5 Å². The van der Waals surface area contributed by atoms with Gasteiger partial charge in [0.2, 0.25) is 5.91 Å². The molecule has 1 saturated heterocycles. The van der Waals surface area contributed by atoms with Gasteiger partial charge < -0.3 is 5.32 Å². The van der Waals surface area contributed by atoms with Gasteiger partial charge in [0.15, 0.2) is 0 Å². The first-order valence-corrected chi connectivity index (χ1v) is 10.0. The molecule has 5 heteroatoms. The lowest BCUT2D eigenvalue weighted by molar-refractivity contribution is -0.120. The van der Waals surface area contributed by atoms with Crippen molar-refractivity contribution in [3.05, 3.63) is 52.3 Å². The molecule has 1 aliphatic rings. The fourth-order valence-corrected chi connectivity index (χ4v) is 3.99. The molecule has 3 rings (SSSR count). The van der Waals surface area contributed by atoms with Crippen molar-refractivity contribution in [2.24, 2.45) is 7.05 Å². The number of benzene rings is 1. The second-order valence-electron chi connectivity index (χ2n) is 7.81. The Kier molecular flexibility index (Phi) is 6.32. The van der Waals surface area contributed by atoms with Crippen molar-refractivity contribution >= 4 is 5.91 Å². The minimum Gasteiger partial charge on any atom is -0.352 e. The lowest BCUT2D eigenvalue weighted by Crippen LogP contribution is -2.37. The number of amides is 1. The van der Waals surface area contributed by atoms with Gasteiger partial charge in [0.25, 0.3) is 0 Å². The molecule has 146 valence electrons. The molecule has 1 N–H and O–H groups in total. The summed E-state index contributed by atoms with van der Waals surface area (Å²) in [6, 6.07) is 9.11. The van der Waals surface area contributed by atoms with Gasteiger partial charge in [0.05, 0.1) is 12.1 Å². The van der Waals surface area contributed by atoms with Crippen LogP contribution in [0.4, 0.5) is 0 Å². The van der Waals surface area contributed by atoms with Gasteiger partial charge in [-0.25, -0.2) is 0 Å². The van der Waals surface area contributed by atoms with E-state index in [1.54, 1.807) is 0 Å². The number of likely N-dealkylation sites (tertiary alicyclic amines) is 1. The first-order valence-electron chi connectivity index (χ1n) is 10.0. The minimum atomic E-state index is 0.0512. The first kappa shape index (κ1) is 19.6. The maximum absolute atomic E-state index is 12.5. The Morgan fingerprint density at radius 3 is 2.63 bits per heavy atom.